The summed E-state index contributed by atoms with van der Waals surface area (Å²) in [5.74, 6) is 0.196. The van der Waals surface area contributed by atoms with Gasteiger partial charge >= 0.3 is 0 Å². The van der Waals surface area contributed by atoms with Crippen LogP contribution in [0.3, 0.4) is 0 Å². The van der Waals surface area contributed by atoms with Crippen molar-refractivity contribution in [3.05, 3.63) is 35.9 Å². The van der Waals surface area contributed by atoms with Gasteiger partial charge in [0, 0.05) is 19.1 Å². The molecule has 1 saturated heterocycles. The van der Waals surface area contributed by atoms with Gasteiger partial charge in [-0.3, -0.25) is 4.79 Å². The van der Waals surface area contributed by atoms with E-state index in [0.717, 1.165) is 24.9 Å². The summed E-state index contributed by atoms with van der Waals surface area (Å²) in [6.07, 6.45) is 2.10. The fourth-order valence-corrected chi connectivity index (χ4v) is 2.69. The molecule has 1 aliphatic heterocycles. The van der Waals surface area contributed by atoms with E-state index in [2.05, 4.69) is 0 Å². The maximum absolute atomic E-state index is 12.7. The Bertz CT molecular complexity index is 414. The van der Waals surface area contributed by atoms with E-state index >= 15 is 0 Å². The molecule has 18 heavy (non-hydrogen) atoms. The fraction of sp³-hybridized carbons (Fsp3) is 0.533. The van der Waals surface area contributed by atoms with Crippen molar-refractivity contribution in [2.24, 2.45) is 5.73 Å². The number of rotatable bonds is 3. The van der Waals surface area contributed by atoms with Gasteiger partial charge in [0.2, 0.25) is 5.91 Å². The van der Waals surface area contributed by atoms with E-state index in [1.807, 2.05) is 49.1 Å². The highest BCUT2D eigenvalue weighted by atomic mass is 16.2. The third-order valence-electron chi connectivity index (χ3n) is 3.94. The Morgan fingerprint density at radius 3 is 2.67 bits per heavy atom. The normalized spacial score (nSPS) is 20.2. The molecule has 2 N–H and O–H groups in total. The quantitative estimate of drug-likeness (QED) is 0.885. The third kappa shape index (κ3) is 2.27. The van der Waals surface area contributed by atoms with Crippen LogP contribution in [0.4, 0.5) is 0 Å². The van der Waals surface area contributed by atoms with Crippen LogP contribution in [0.2, 0.25) is 0 Å². The standard InChI is InChI=1S/C15H22N2O/c1-15(2,12-7-4-3-5-8-12)14(18)17-10-6-9-13(17)11-16/h3-5,7-8,13H,6,9-11,16H2,1-2H3. The molecule has 3 nitrogen and oxygen atoms in total. The first-order valence-electron chi connectivity index (χ1n) is 6.64. The average molecular weight is 246 g/mol. The second-order valence-electron chi connectivity index (χ2n) is 5.52. The van der Waals surface area contributed by atoms with Crippen molar-refractivity contribution in [2.75, 3.05) is 13.1 Å². The molecule has 1 aliphatic rings. The number of carbonyl (C=O) groups is 1. The van der Waals surface area contributed by atoms with Crippen LogP contribution in [0.25, 0.3) is 0 Å². The highest BCUT2D eigenvalue weighted by Gasteiger charge is 2.38. The molecule has 98 valence electrons. The molecule has 0 radical (unpaired) electrons. The van der Waals surface area contributed by atoms with E-state index < -0.39 is 5.41 Å². The molecule has 1 atom stereocenters. The van der Waals surface area contributed by atoms with Crippen molar-refractivity contribution in [3.8, 4) is 0 Å². The molecular formula is C15H22N2O. The van der Waals surface area contributed by atoms with Crippen molar-refractivity contribution in [1.82, 2.24) is 4.90 Å². The van der Waals surface area contributed by atoms with E-state index in [4.69, 9.17) is 5.73 Å². The molecule has 0 saturated carbocycles. The van der Waals surface area contributed by atoms with Crippen LogP contribution in [-0.4, -0.2) is 29.9 Å². The Morgan fingerprint density at radius 1 is 1.39 bits per heavy atom. The summed E-state index contributed by atoms with van der Waals surface area (Å²) in [7, 11) is 0. The first-order chi connectivity index (χ1) is 8.57. The zero-order valence-corrected chi connectivity index (χ0v) is 11.2. The van der Waals surface area contributed by atoms with Crippen LogP contribution in [0.15, 0.2) is 30.3 Å². The molecule has 0 bridgehead atoms. The number of hydrogen-bond donors (Lipinski definition) is 1. The highest BCUT2D eigenvalue weighted by Crippen LogP contribution is 2.29. The van der Waals surface area contributed by atoms with Gasteiger partial charge < -0.3 is 10.6 Å². The molecule has 3 heteroatoms. The minimum Gasteiger partial charge on any atom is -0.338 e. The van der Waals surface area contributed by atoms with Crippen LogP contribution < -0.4 is 5.73 Å². The molecule has 2 rings (SSSR count). The van der Waals surface area contributed by atoms with Crippen molar-refractivity contribution < 1.29 is 4.79 Å². The molecule has 1 aromatic carbocycles. The number of nitrogens with two attached hydrogens (primary N) is 1. The molecule has 1 amide bonds. The highest BCUT2D eigenvalue weighted by molar-refractivity contribution is 5.87. The first kappa shape index (κ1) is 13.1. The summed E-state index contributed by atoms with van der Waals surface area (Å²) in [6.45, 7) is 5.40. The second kappa shape index (κ2) is 5.11. The molecule has 1 aromatic rings. The third-order valence-corrected chi connectivity index (χ3v) is 3.94. The van der Waals surface area contributed by atoms with Crippen LogP contribution in [0.5, 0.6) is 0 Å². The van der Waals surface area contributed by atoms with Gasteiger partial charge in [-0.1, -0.05) is 30.3 Å². The Morgan fingerprint density at radius 2 is 2.06 bits per heavy atom. The number of carbonyl (C=O) groups excluding carboxylic acids is 1. The van der Waals surface area contributed by atoms with Crippen molar-refractivity contribution in [2.45, 2.75) is 38.1 Å². The number of amides is 1. The fourth-order valence-electron chi connectivity index (χ4n) is 2.69. The van der Waals surface area contributed by atoms with E-state index in [1.54, 1.807) is 0 Å². The largest absolute Gasteiger partial charge is 0.338 e. The number of benzene rings is 1. The Hall–Kier alpha value is -1.35. The smallest absolute Gasteiger partial charge is 0.232 e. The maximum atomic E-state index is 12.7. The summed E-state index contributed by atoms with van der Waals surface area (Å²) >= 11 is 0. The van der Waals surface area contributed by atoms with Crippen LogP contribution in [-0.2, 0) is 10.2 Å². The summed E-state index contributed by atoms with van der Waals surface area (Å²) in [6, 6.07) is 10.2. The second-order valence-corrected chi connectivity index (χ2v) is 5.52. The molecule has 1 unspecified atom stereocenters. The van der Waals surface area contributed by atoms with E-state index in [1.165, 1.54) is 0 Å². The first-order valence-corrected chi connectivity index (χ1v) is 6.64. The summed E-state index contributed by atoms with van der Waals surface area (Å²) in [5, 5.41) is 0. The minimum atomic E-state index is -0.473. The van der Waals surface area contributed by atoms with E-state index in [-0.39, 0.29) is 11.9 Å². The van der Waals surface area contributed by atoms with Gasteiger partial charge in [0.15, 0.2) is 0 Å². The monoisotopic (exact) mass is 246 g/mol. The van der Waals surface area contributed by atoms with Crippen LogP contribution >= 0.6 is 0 Å². The number of nitrogens with zero attached hydrogens (tertiary/aromatic N) is 1. The van der Waals surface area contributed by atoms with Gasteiger partial charge in [-0.25, -0.2) is 0 Å². The van der Waals surface area contributed by atoms with Crippen molar-refractivity contribution >= 4 is 5.91 Å². The molecular weight excluding hydrogens is 224 g/mol. The van der Waals surface area contributed by atoms with Crippen molar-refractivity contribution in [3.63, 3.8) is 0 Å². The number of hydrogen-bond acceptors (Lipinski definition) is 2. The average Bonchev–Trinajstić information content (AvgIpc) is 2.87. The predicted octanol–water partition coefficient (Wildman–Crippen LogP) is 1.91. The van der Waals surface area contributed by atoms with Gasteiger partial charge in [-0.2, -0.15) is 0 Å². The van der Waals surface area contributed by atoms with E-state index in [0.29, 0.717) is 6.54 Å². The Labute approximate surface area is 109 Å². The maximum Gasteiger partial charge on any atom is 0.232 e. The lowest BCUT2D eigenvalue weighted by atomic mass is 9.83. The van der Waals surface area contributed by atoms with E-state index in [9.17, 15) is 4.79 Å². The molecule has 1 heterocycles. The minimum absolute atomic E-state index is 0.196. The topological polar surface area (TPSA) is 46.3 Å². The lowest BCUT2D eigenvalue weighted by molar-refractivity contribution is -0.137. The van der Waals surface area contributed by atoms with Gasteiger partial charge in [0.05, 0.1) is 5.41 Å². The van der Waals surface area contributed by atoms with Crippen LogP contribution in [0.1, 0.15) is 32.3 Å². The lowest BCUT2D eigenvalue weighted by Crippen LogP contribution is -2.48. The SMILES string of the molecule is CC(C)(C(=O)N1CCCC1CN)c1ccccc1. The summed E-state index contributed by atoms with van der Waals surface area (Å²) in [5.41, 5.74) is 6.34. The summed E-state index contributed by atoms with van der Waals surface area (Å²) < 4.78 is 0. The van der Waals surface area contributed by atoms with Crippen LogP contribution in [0, 0.1) is 0 Å². The Balaban J connectivity index is 2.22. The predicted molar refractivity (Wildman–Crippen MR) is 73.3 cm³/mol. The lowest BCUT2D eigenvalue weighted by Gasteiger charge is -2.33. The number of likely N-dealkylation sites (tertiary alicyclic amines) is 1. The molecule has 0 aliphatic carbocycles. The zero-order valence-electron chi connectivity index (χ0n) is 11.2. The molecule has 1 fully saturated rings. The summed E-state index contributed by atoms with van der Waals surface area (Å²) in [4.78, 5) is 14.7. The van der Waals surface area contributed by atoms with Gasteiger partial charge in [-0.05, 0) is 32.3 Å². The molecule has 0 spiro atoms. The zero-order chi connectivity index (χ0) is 13.2. The van der Waals surface area contributed by atoms with Gasteiger partial charge in [0.1, 0.15) is 0 Å². The Kier molecular flexibility index (Phi) is 3.71. The van der Waals surface area contributed by atoms with Gasteiger partial charge in [-0.15, -0.1) is 0 Å². The molecule has 0 aromatic heterocycles. The van der Waals surface area contributed by atoms with Crippen molar-refractivity contribution in [1.29, 1.82) is 0 Å². The van der Waals surface area contributed by atoms with Gasteiger partial charge in [0.25, 0.3) is 0 Å².